The van der Waals surface area contributed by atoms with Crippen molar-refractivity contribution in [3.8, 4) is 5.75 Å². The number of hydrogen-bond donors (Lipinski definition) is 1. The summed E-state index contributed by atoms with van der Waals surface area (Å²) in [6, 6.07) is 12.3. The Morgan fingerprint density at radius 3 is 2.62 bits per heavy atom. The zero-order valence-corrected chi connectivity index (χ0v) is 21.7. The zero-order valence-electron chi connectivity index (χ0n) is 19.3. The van der Waals surface area contributed by atoms with Crippen molar-refractivity contribution in [2.75, 3.05) is 6.61 Å². The highest BCUT2D eigenvalue weighted by Gasteiger charge is 2.33. The van der Waals surface area contributed by atoms with Gasteiger partial charge in [-0.2, -0.15) is 0 Å². The topological polar surface area (TPSA) is 80.9 Å². The van der Waals surface area contributed by atoms with Crippen LogP contribution in [0.25, 0.3) is 6.08 Å². The van der Waals surface area contributed by atoms with E-state index in [2.05, 4.69) is 34.8 Å². The molecule has 176 valence electrons. The van der Waals surface area contributed by atoms with Crippen LogP contribution in [-0.4, -0.2) is 22.2 Å². The van der Waals surface area contributed by atoms with E-state index >= 15 is 0 Å². The summed E-state index contributed by atoms with van der Waals surface area (Å²) in [5.41, 5.74) is 3.08. The Kier molecular flexibility index (Phi) is 6.91. The highest BCUT2D eigenvalue weighted by molar-refractivity contribution is 9.10. The van der Waals surface area contributed by atoms with Crippen molar-refractivity contribution in [1.29, 1.82) is 0 Å². The van der Waals surface area contributed by atoms with Crippen LogP contribution in [0.3, 0.4) is 0 Å². The summed E-state index contributed by atoms with van der Waals surface area (Å²) in [4.78, 5) is 31.7. The highest BCUT2D eigenvalue weighted by Crippen LogP contribution is 2.31. The number of phenols is 1. The van der Waals surface area contributed by atoms with Gasteiger partial charge in [-0.3, -0.25) is 9.36 Å². The molecular formula is C26H25BrN2O4S. The first kappa shape index (κ1) is 24.2. The fraction of sp³-hybridized carbons (Fsp3) is 0.269. The predicted molar refractivity (Wildman–Crippen MR) is 137 cm³/mol. The third kappa shape index (κ3) is 4.52. The van der Waals surface area contributed by atoms with Crippen LogP contribution >= 0.6 is 27.3 Å². The van der Waals surface area contributed by atoms with Crippen molar-refractivity contribution < 1.29 is 14.6 Å². The monoisotopic (exact) mass is 540 g/mol. The molecule has 8 heteroatoms. The van der Waals surface area contributed by atoms with Crippen LogP contribution in [0.5, 0.6) is 5.75 Å². The summed E-state index contributed by atoms with van der Waals surface area (Å²) >= 11 is 4.62. The van der Waals surface area contributed by atoms with E-state index in [1.165, 1.54) is 16.9 Å². The van der Waals surface area contributed by atoms with Gasteiger partial charge in [0.2, 0.25) is 0 Å². The van der Waals surface area contributed by atoms with E-state index in [1.807, 2.05) is 24.3 Å². The summed E-state index contributed by atoms with van der Waals surface area (Å²) in [7, 11) is 0. The lowest BCUT2D eigenvalue weighted by atomic mass is 9.93. The number of nitrogens with zero attached hydrogens (tertiary/aromatic N) is 2. The van der Waals surface area contributed by atoms with Gasteiger partial charge >= 0.3 is 5.97 Å². The van der Waals surface area contributed by atoms with Gasteiger partial charge < -0.3 is 9.84 Å². The molecule has 34 heavy (non-hydrogen) atoms. The summed E-state index contributed by atoms with van der Waals surface area (Å²) in [5.74, 6) is -0.0606. The van der Waals surface area contributed by atoms with Crippen LogP contribution in [0.1, 0.15) is 56.3 Å². The number of carbonyl (C=O) groups is 1. The summed E-state index contributed by atoms with van der Waals surface area (Å²) < 4.78 is 8.08. The molecular weight excluding hydrogens is 516 g/mol. The molecule has 1 aromatic heterocycles. The fourth-order valence-corrected chi connectivity index (χ4v) is 5.37. The molecule has 1 aliphatic heterocycles. The number of aromatic hydroxyl groups is 1. The Balaban J connectivity index is 1.95. The fourth-order valence-electron chi connectivity index (χ4n) is 3.95. The smallest absolute Gasteiger partial charge is 0.338 e. The van der Waals surface area contributed by atoms with Gasteiger partial charge in [-0.15, -0.1) is 0 Å². The van der Waals surface area contributed by atoms with E-state index in [4.69, 9.17) is 4.74 Å². The zero-order chi connectivity index (χ0) is 24.6. The lowest BCUT2D eigenvalue weighted by molar-refractivity contribution is -0.139. The molecule has 1 unspecified atom stereocenters. The van der Waals surface area contributed by atoms with Crippen molar-refractivity contribution in [3.05, 3.63) is 94.6 Å². The maximum atomic E-state index is 13.6. The predicted octanol–water partition coefficient (Wildman–Crippen LogP) is 4.39. The number of carbonyl (C=O) groups excluding carboxylic acids is 1. The largest absolute Gasteiger partial charge is 0.507 e. The second-order valence-corrected chi connectivity index (χ2v) is 10.3. The normalized spacial score (nSPS) is 15.9. The number of phenolic OH excluding ortho intramolecular Hbond substituents is 1. The molecule has 0 spiro atoms. The standard InChI is InChI=1S/C26H25BrN2O4S/c1-5-33-25(32)22-15(4)28-26-29(23(22)17-8-6-16(7-9-17)14(2)3)24(31)21(34-26)13-18-12-19(27)10-11-20(18)30/h6-14,23,30H,5H2,1-4H3/b21-13-. The molecule has 3 aromatic rings. The first-order valence-corrected chi connectivity index (χ1v) is 12.6. The van der Waals surface area contributed by atoms with Crippen molar-refractivity contribution in [3.63, 3.8) is 0 Å². The highest BCUT2D eigenvalue weighted by atomic mass is 79.9. The molecule has 0 saturated heterocycles. The first-order chi connectivity index (χ1) is 16.2. The number of allylic oxidation sites excluding steroid dienone is 1. The Hall–Kier alpha value is -2.97. The van der Waals surface area contributed by atoms with E-state index < -0.39 is 12.0 Å². The number of aromatic nitrogens is 1. The van der Waals surface area contributed by atoms with Crippen LogP contribution in [0.2, 0.25) is 0 Å². The van der Waals surface area contributed by atoms with Crippen molar-refractivity contribution in [2.24, 2.45) is 4.99 Å². The minimum atomic E-state index is -0.658. The molecule has 0 saturated carbocycles. The van der Waals surface area contributed by atoms with Crippen LogP contribution in [-0.2, 0) is 9.53 Å². The van der Waals surface area contributed by atoms with E-state index in [0.29, 0.717) is 32.1 Å². The number of halogens is 1. The van der Waals surface area contributed by atoms with Crippen molar-refractivity contribution >= 4 is 39.3 Å². The molecule has 4 rings (SSSR count). The molecule has 1 aliphatic rings. The van der Waals surface area contributed by atoms with E-state index in [0.717, 1.165) is 10.0 Å². The van der Waals surface area contributed by atoms with Crippen LogP contribution in [0.15, 0.2) is 68.0 Å². The molecule has 0 aliphatic carbocycles. The van der Waals surface area contributed by atoms with Gasteiger partial charge in [0.25, 0.3) is 5.56 Å². The van der Waals surface area contributed by atoms with Crippen molar-refractivity contribution in [2.45, 2.75) is 39.7 Å². The van der Waals surface area contributed by atoms with E-state index in [-0.39, 0.29) is 17.9 Å². The van der Waals surface area contributed by atoms with Crippen LogP contribution in [0.4, 0.5) is 0 Å². The summed E-state index contributed by atoms with van der Waals surface area (Å²) in [6.07, 6.45) is 1.65. The molecule has 0 amide bonds. The molecule has 2 aromatic carbocycles. The van der Waals surface area contributed by atoms with Gasteiger partial charge in [0.15, 0.2) is 4.80 Å². The lowest BCUT2D eigenvalue weighted by Crippen LogP contribution is -2.39. The summed E-state index contributed by atoms with van der Waals surface area (Å²) in [5, 5.41) is 10.3. The second kappa shape index (κ2) is 9.72. The average molecular weight is 541 g/mol. The van der Waals surface area contributed by atoms with Gasteiger partial charge in [0, 0.05) is 10.0 Å². The third-order valence-corrected chi connectivity index (χ3v) is 7.19. The van der Waals surface area contributed by atoms with E-state index in [1.54, 1.807) is 42.7 Å². The number of rotatable bonds is 5. The van der Waals surface area contributed by atoms with Gasteiger partial charge in [0.1, 0.15) is 5.75 Å². The van der Waals surface area contributed by atoms with Gasteiger partial charge in [-0.1, -0.05) is 65.4 Å². The Morgan fingerprint density at radius 1 is 1.26 bits per heavy atom. The lowest BCUT2D eigenvalue weighted by Gasteiger charge is -2.25. The number of fused-ring (bicyclic) bond motifs is 1. The molecule has 0 fully saturated rings. The average Bonchev–Trinajstić information content (AvgIpc) is 3.10. The van der Waals surface area contributed by atoms with Crippen LogP contribution in [0, 0.1) is 0 Å². The Bertz CT molecular complexity index is 1470. The molecule has 6 nitrogen and oxygen atoms in total. The quantitative estimate of drug-likeness (QED) is 0.486. The second-order valence-electron chi connectivity index (χ2n) is 8.33. The van der Waals surface area contributed by atoms with Gasteiger partial charge in [-0.25, -0.2) is 9.79 Å². The molecule has 1 N–H and O–H groups in total. The summed E-state index contributed by atoms with van der Waals surface area (Å²) in [6.45, 7) is 7.97. The third-order valence-electron chi connectivity index (χ3n) is 5.71. The van der Waals surface area contributed by atoms with Gasteiger partial charge in [0.05, 0.1) is 28.5 Å². The van der Waals surface area contributed by atoms with E-state index in [9.17, 15) is 14.7 Å². The van der Waals surface area contributed by atoms with Crippen molar-refractivity contribution in [1.82, 2.24) is 4.57 Å². The first-order valence-electron chi connectivity index (χ1n) is 11.0. The minimum Gasteiger partial charge on any atom is -0.507 e. The SMILES string of the molecule is CCOC(=O)C1=C(C)N=c2s/c(=C\c3cc(Br)ccc3O)c(=O)n2C1c1ccc(C(C)C)cc1. The minimum absolute atomic E-state index is 0.0678. The molecule has 0 bridgehead atoms. The number of ether oxygens (including phenoxy) is 1. The maximum Gasteiger partial charge on any atom is 0.338 e. The molecule has 1 atom stereocenters. The Labute approximate surface area is 209 Å². The van der Waals surface area contributed by atoms with Gasteiger partial charge in [-0.05, 0) is 55.2 Å². The number of thiazole rings is 1. The Morgan fingerprint density at radius 2 is 1.97 bits per heavy atom. The number of esters is 1. The molecule has 0 radical (unpaired) electrons. The molecule has 2 heterocycles. The number of benzene rings is 2. The maximum absolute atomic E-state index is 13.6. The van der Waals surface area contributed by atoms with Crippen LogP contribution < -0.4 is 14.9 Å². The number of hydrogen-bond acceptors (Lipinski definition) is 6.